The Hall–Kier alpha value is -2.96. The first kappa shape index (κ1) is 16.9. The minimum absolute atomic E-state index is 0.177. The molecule has 0 aromatic carbocycles. The van der Waals surface area contributed by atoms with Gasteiger partial charge in [-0.3, -0.25) is 9.78 Å². The molecule has 2 aromatic heterocycles. The zero-order valence-electron chi connectivity index (χ0n) is 13.9. The number of H-pyrrole nitrogens is 1. The third-order valence-corrected chi connectivity index (χ3v) is 5.01. The number of rotatable bonds is 3. The van der Waals surface area contributed by atoms with Gasteiger partial charge in [-0.15, -0.1) is 0 Å². The molecule has 0 spiro atoms. The minimum atomic E-state index is -2.02. The Bertz CT molecular complexity index is 973. The van der Waals surface area contributed by atoms with E-state index >= 15 is 0 Å². The summed E-state index contributed by atoms with van der Waals surface area (Å²) >= 11 is 0. The first-order chi connectivity index (χ1) is 11.7. The average molecular weight is 344 g/mol. The summed E-state index contributed by atoms with van der Waals surface area (Å²) in [4.78, 5) is 31.1. The average Bonchev–Trinajstić information content (AvgIpc) is 2.84. The Balaban J connectivity index is 2.37. The monoisotopic (exact) mass is 344 g/mol. The maximum Gasteiger partial charge on any atom is 0.332 e. The van der Waals surface area contributed by atoms with Crippen molar-refractivity contribution in [2.75, 3.05) is 0 Å². The van der Waals surface area contributed by atoms with Gasteiger partial charge < -0.3 is 15.2 Å². The van der Waals surface area contributed by atoms with Gasteiger partial charge in [0.2, 0.25) is 0 Å². The molecule has 1 aliphatic rings. The van der Waals surface area contributed by atoms with Gasteiger partial charge in [0.25, 0.3) is 0 Å². The molecule has 2 heterocycles. The van der Waals surface area contributed by atoms with Crippen LogP contribution in [0.25, 0.3) is 11.0 Å². The summed E-state index contributed by atoms with van der Waals surface area (Å²) in [6, 6.07) is 1.54. The third kappa shape index (κ3) is 2.26. The second kappa shape index (κ2) is 5.54. The van der Waals surface area contributed by atoms with E-state index in [9.17, 15) is 24.2 Å². The zero-order valence-corrected chi connectivity index (χ0v) is 13.9. The highest BCUT2D eigenvalue weighted by Crippen LogP contribution is 2.51. The van der Waals surface area contributed by atoms with Crippen LogP contribution in [0.4, 0.5) is 4.39 Å². The van der Waals surface area contributed by atoms with Crippen LogP contribution < -0.4 is 0 Å². The number of carbonyl (C=O) groups is 2. The number of aromatic amines is 1. The van der Waals surface area contributed by atoms with Crippen LogP contribution in [-0.2, 0) is 9.59 Å². The number of hydrogen-bond donors (Lipinski definition) is 3. The van der Waals surface area contributed by atoms with Crippen molar-refractivity contribution in [3.05, 3.63) is 52.6 Å². The van der Waals surface area contributed by atoms with Crippen LogP contribution in [0.1, 0.15) is 29.7 Å². The van der Waals surface area contributed by atoms with Crippen LogP contribution in [0.2, 0.25) is 0 Å². The van der Waals surface area contributed by atoms with E-state index in [1.165, 1.54) is 13.1 Å². The second-order valence-electron chi connectivity index (χ2n) is 6.38. The number of aliphatic carboxylic acids is 2. The molecule has 25 heavy (non-hydrogen) atoms. The summed E-state index contributed by atoms with van der Waals surface area (Å²) in [7, 11) is 0. The first-order valence-corrected chi connectivity index (χ1v) is 7.67. The zero-order chi connectivity index (χ0) is 18.5. The standard InChI is InChI=1S/C18H17FN2O4/c1-8-9(2)21-15-10(6-7-20-14(8)15)13-11(16(22)23)4-5-12(19)18(13,3)17(24)25/h4-7,13,21H,1-3H3,(H,22,23)(H,24,25). The molecule has 0 amide bonds. The van der Waals surface area contributed by atoms with Crippen LogP contribution in [0, 0.1) is 19.3 Å². The molecule has 0 saturated heterocycles. The normalized spacial score (nSPS) is 23.3. The van der Waals surface area contributed by atoms with E-state index in [4.69, 9.17) is 0 Å². The van der Waals surface area contributed by atoms with E-state index in [1.807, 2.05) is 13.8 Å². The van der Waals surface area contributed by atoms with Crippen LogP contribution in [0.15, 0.2) is 35.8 Å². The number of carboxylic acids is 2. The molecule has 0 saturated carbocycles. The molecule has 3 rings (SSSR count). The highest BCUT2D eigenvalue weighted by atomic mass is 19.1. The topological polar surface area (TPSA) is 103 Å². The highest BCUT2D eigenvalue weighted by Gasteiger charge is 2.51. The van der Waals surface area contributed by atoms with Crippen molar-refractivity contribution in [2.24, 2.45) is 5.41 Å². The molecule has 2 unspecified atom stereocenters. The van der Waals surface area contributed by atoms with Crippen LogP contribution >= 0.6 is 0 Å². The van der Waals surface area contributed by atoms with Gasteiger partial charge in [-0.05, 0) is 50.1 Å². The van der Waals surface area contributed by atoms with Crippen molar-refractivity contribution in [3.8, 4) is 0 Å². The number of nitrogens with one attached hydrogen (secondary N) is 1. The number of pyridine rings is 1. The second-order valence-corrected chi connectivity index (χ2v) is 6.38. The van der Waals surface area contributed by atoms with Crippen molar-refractivity contribution in [3.63, 3.8) is 0 Å². The molecular formula is C18H17FN2O4. The molecule has 2 atom stereocenters. The molecule has 3 N–H and O–H groups in total. The van der Waals surface area contributed by atoms with Gasteiger partial charge in [-0.2, -0.15) is 0 Å². The van der Waals surface area contributed by atoms with Gasteiger partial charge in [-0.1, -0.05) is 0 Å². The van der Waals surface area contributed by atoms with E-state index < -0.39 is 29.1 Å². The van der Waals surface area contributed by atoms with E-state index in [0.717, 1.165) is 23.4 Å². The van der Waals surface area contributed by atoms with E-state index in [-0.39, 0.29) is 5.57 Å². The fourth-order valence-electron chi connectivity index (χ4n) is 3.37. The van der Waals surface area contributed by atoms with Crippen molar-refractivity contribution >= 4 is 23.0 Å². The number of nitrogens with zero attached hydrogens (tertiary/aromatic N) is 1. The molecule has 0 aliphatic heterocycles. The van der Waals surface area contributed by atoms with Crippen LogP contribution in [-0.4, -0.2) is 32.1 Å². The van der Waals surface area contributed by atoms with Gasteiger partial charge in [0.1, 0.15) is 11.2 Å². The number of hydrogen-bond acceptors (Lipinski definition) is 3. The van der Waals surface area contributed by atoms with E-state index in [0.29, 0.717) is 16.6 Å². The lowest BCUT2D eigenvalue weighted by Gasteiger charge is -2.35. The lowest BCUT2D eigenvalue weighted by molar-refractivity contribution is -0.147. The molecule has 2 aromatic rings. The van der Waals surface area contributed by atoms with Crippen molar-refractivity contribution in [1.82, 2.24) is 9.97 Å². The molecule has 6 nitrogen and oxygen atoms in total. The summed E-state index contributed by atoms with van der Waals surface area (Å²) in [5, 5.41) is 19.3. The van der Waals surface area contributed by atoms with E-state index in [2.05, 4.69) is 9.97 Å². The first-order valence-electron chi connectivity index (χ1n) is 7.67. The summed E-state index contributed by atoms with van der Waals surface area (Å²) in [5.41, 5.74) is 1.04. The maximum atomic E-state index is 14.6. The highest BCUT2D eigenvalue weighted by molar-refractivity contribution is 5.95. The Labute approximate surface area is 142 Å². The van der Waals surface area contributed by atoms with Gasteiger partial charge >= 0.3 is 11.9 Å². The Morgan fingerprint density at radius 2 is 1.96 bits per heavy atom. The SMILES string of the molecule is Cc1[nH]c2c(C3C(C(=O)O)=CC=C(F)C3(C)C(=O)O)ccnc2c1C. The predicted octanol–water partition coefficient (Wildman–Crippen LogP) is 3.23. The fraction of sp³-hybridized carbons (Fsp3) is 0.278. The Morgan fingerprint density at radius 1 is 1.28 bits per heavy atom. The molecule has 0 fully saturated rings. The number of allylic oxidation sites excluding steroid dienone is 2. The quantitative estimate of drug-likeness (QED) is 0.793. The Kier molecular flexibility index (Phi) is 3.74. The van der Waals surface area contributed by atoms with E-state index in [1.54, 1.807) is 6.07 Å². The molecule has 130 valence electrons. The van der Waals surface area contributed by atoms with Crippen molar-refractivity contribution in [1.29, 1.82) is 0 Å². The number of carboxylic acid groups (broad SMARTS) is 2. The summed E-state index contributed by atoms with van der Waals surface area (Å²) in [6.07, 6.45) is 3.52. The molecule has 0 radical (unpaired) electrons. The molecule has 7 heteroatoms. The largest absolute Gasteiger partial charge is 0.480 e. The number of fused-ring (bicyclic) bond motifs is 1. The number of halogens is 1. The van der Waals surface area contributed by atoms with Gasteiger partial charge in [0, 0.05) is 23.4 Å². The fourth-order valence-corrected chi connectivity index (χ4v) is 3.37. The summed E-state index contributed by atoms with van der Waals surface area (Å²) < 4.78 is 14.6. The van der Waals surface area contributed by atoms with Crippen LogP contribution in [0.3, 0.4) is 0 Å². The molecule has 1 aliphatic carbocycles. The van der Waals surface area contributed by atoms with Crippen molar-refractivity contribution in [2.45, 2.75) is 26.7 Å². The maximum absolute atomic E-state index is 14.6. The van der Waals surface area contributed by atoms with Crippen molar-refractivity contribution < 1.29 is 24.2 Å². The smallest absolute Gasteiger partial charge is 0.332 e. The minimum Gasteiger partial charge on any atom is -0.480 e. The molecule has 0 bridgehead atoms. The number of aromatic nitrogens is 2. The van der Waals surface area contributed by atoms with Crippen LogP contribution in [0.5, 0.6) is 0 Å². The van der Waals surface area contributed by atoms with Gasteiger partial charge in [0.05, 0.1) is 11.0 Å². The Morgan fingerprint density at radius 3 is 2.56 bits per heavy atom. The summed E-state index contributed by atoms with van der Waals surface area (Å²) in [6.45, 7) is 4.90. The molecular weight excluding hydrogens is 327 g/mol. The third-order valence-electron chi connectivity index (χ3n) is 5.01. The predicted molar refractivity (Wildman–Crippen MR) is 89.0 cm³/mol. The number of aryl methyl sites for hydroxylation is 2. The van der Waals surface area contributed by atoms with Gasteiger partial charge in [0.15, 0.2) is 0 Å². The summed E-state index contributed by atoms with van der Waals surface area (Å²) in [5.74, 6) is -4.80. The van der Waals surface area contributed by atoms with Gasteiger partial charge in [-0.25, -0.2) is 9.18 Å². The lowest BCUT2D eigenvalue weighted by Crippen LogP contribution is -2.39. The lowest BCUT2D eigenvalue weighted by atomic mass is 9.66.